The van der Waals surface area contributed by atoms with Crippen molar-refractivity contribution in [2.24, 2.45) is 11.3 Å². The lowest BCUT2D eigenvalue weighted by atomic mass is 9.85. The maximum Gasteiger partial charge on any atom is 0.411 e. The molecule has 4 rings (SSSR count). The summed E-state index contributed by atoms with van der Waals surface area (Å²) in [6.45, 7) is 13.4. The van der Waals surface area contributed by atoms with Crippen LogP contribution >= 0.6 is 0 Å². The number of nitrogens with zero attached hydrogens (tertiary/aromatic N) is 1. The number of rotatable bonds is 11. The Morgan fingerprint density at radius 3 is 2.22 bits per heavy atom. The fourth-order valence-electron chi connectivity index (χ4n) is 5.70. The van der Waals surface area contributed by atoms with Gasteiger partial charge in [-0.3, -0.25) is 24.4 Å². The zero-order chi connectivity index (χ0) is 37.4. The standard InChI is InChI=1S/C33H45N5O11S/c1-8-18-16-33(18,28(43)37-50(46,47)20-13-14-20)36-25(39)23-15-19(48-29(44)34-22-12-10-9-11-21(22)27(41)42)17-38(23)26(40)24(31(2,3)4)35-30(45)49-32(5,6)7/h8-12,18-20,23-24H,1,13-17H2,2-7H3,(H,34,44)(H,35,45)(H,36,39)(H,37,43)(H,41,42)/t18?,19-,23+,24-,33?/m1/s1. The molecule has 1 aromatic rings. The van der Waals surface area contributed by atoms with Gasteiger partial charge < -0.3 is 30.1 Å². The van der Waals surface area contributed by atoms with Crippen LogP contribution in [-0.4, -0.2) is 95.4 Å². The van der Waals surface area contributed by atoms with Crippen LogP contribution in [-0.2, 0) is 33.9 Å². The van der Waals surface area contributed by atoms with Crippen molar-refractivity contribution in [1.29, 1.82) is 0 Å². The van der Waals surface area contributed by atoms with E-state index in [1.165, 1.54) is 30.3 Å². The third kappa shape index (κ3) is 8.91. The number of carbonyl (C=O) groups excluding carboxylic acids is 5. The second-order valence-corrected chi connectivity index (χ2v) is 16.8. The number of benzene rings is 1. The van der Waals surface area contributed by atoms with Crippen LogP contribution in [0.25, 0.3) is 0 Å². The van der Waals surface area contributed by atoms with Crippen LogP contribution in [0.15, 0.2) is 36.9 Å². The highest BCUT2D eigenvalue weighted by molar-refractivity contribution is 7.91. The topological polar surface area (TPSA) is 227 Å². The van der Waals surface area contributed by atoms with E-state index in [9.17, 15) is 42.3 Å². The van der Waals surface area contributed by atoms with Gasteiger partial charge in [-0.05, 0) is 57.6 Å². The van der Waals surface area contributed by atoms with Crippen LogP contribution in [0.1, 0.15) is 77.6 Å². The third-order valence-corrected chi connectivity index (χ3v) is 10.4. The first-order valence-electron chi connectivity index (χ1n) is 16.2. The molecular formula is C33H45N5O11S. The second-order valence-electron chi connectivity index (χ2n) is 14.9. The summed E-state index contributed by atoms with van der Waals surface area (Å²) >= 11 is 0. The number of ether oxygens (including phenoxy) is 2. The Morgan fingerprint density at radius 1 is 1.04 bits per heavy atom. The van der Waals surface area contributed by atoms with Gasteiger partial charge in [-0.1, -0.05) is 39.0 Å². The van der Waals surface area contributed by atoms with Crippen LogP contribution in [0.4, 0.5) is 15.3 Å². The van der Waals surface area contributed by atoms with Gasteiger partial charge in [0.25, 0.3) is 5.91 Å². The summed E-state index contributed by atoms with van der Waals surface area (Å²) < 4.78 is 38.2. The molecule has 3 aliphatic rings. The van der Waals surface area contributed by atoms with Crippen LogP contribution in [0.2, 0.25) is 0 Å². The lowest BCUT2D eigenvalue weighted by Crippen LogP contribution is -2.60. The van der Waals surface area contributed by atoms with E-state index < -0.39 is 91.8 Å². The molecule has 0 bridgehead atoms. The predicted octanol–water partition coefficient (Wildman–Crippen LogP) is 2.51. The molecular weight excluding hydrogens is 674 g/mol. The fourth-order valence-corrected chi connectivity index (χ4v) is 7.07. The molecule has 1 aromatic carbocycles. The number of para-hydroxylation sites is 1. The van der Waals surface area contributed by atoms with Crippen molar-refractivity contribution >= 4 is 51.6 Å². The Bertz CT molecular complexity index is 1680. The molecule has 0 spiro atoms. The average molecular weight is 720 g/mol. The number of alkyl carbamates (subject to hydrolysis) is 1. The molecule has 5 N–H and O–H groups in total. The summed E-state index contributed by atoms with van der Waals surface area (Å²) in [7, 11) is -3.95. The molecule has 2 unspecified atom stereocenters. The monoisotopic (exact) mass is 719 g/mol. The summed E-state index contributed by atoms with van der Waals surface area (Å²) in [5, 5.41) is 16.4. The minimum absolute atomic E-state index is 0.0436. The smallest absolute Gasteiger partial charge is 0.411 e. The minimum atomic E-state index is -3.95. The van der Waals surface area contributed by atoms with Crippen LogP contribution < -0.4 is 20.7 Å². The van der Waals surface area contributed by atoms with E-state index in [2.05, 4.69) is 27.3 Å². The SMILES string of the molecule is C=CC1CC1(NC(=O)[C@@H]1C[C@@H](OC(=O)Nc2ccccc2C(=O)O)CN1C(=O)[C@@H](NC(=O)OC(C)(C)C)C(C)(C)C)C(=O)NS(=O)(=O)C1CC1. The zero-order valence-electron chi connectivity index (χ0n) is 28.9. The van der Waals surface area contributed by atoms with Crippen molar-refractivity contribution in [2.75, 3.05) is 11.9 Å². The quantitative estimate of drug-likeness (QED) is 0.209. The number of anilines is 1. The number of aromatic carboxylic acids is 1. The number of hydrogen-bond acceptors (Lipinski definition) is 10. The Balaban J connectivity index is 1.60. The summed E-state index contributed by atoms with van der Waals surface area (Å²) in [5.74, 6) is -4.36. The number of sulfonamides is 1. The van der Waals surface area contributed by atoms with Gasteiger partial charge in [-0.15, -0.1) is 6.58 Å². The van der Waals surface area contributed by atoms with Crippen molar-refractivity contribution in [2.45, 2.75) is 102 Å². The van der Waals surface area contributed by atoms with Crippen molar-refractivity contribution in [3.63, 3.8) is 0 Å². The summed E-state index contributed by atoms with van der Waals surface area (Å²) in [6, 6.07) is 3.07. The largest absolute Gasteiger partial charge is 0.478 e. The predicted molar refractivity (Wildman–Crippen MR) is 179 cm³/mol. The van der Waals surface area contributed by atoms with E-state index >= 15 is 0 Å². The third-order valence-electron chi connectivity index (χ3n) is 8.54. The van der Waals surface area contributed by atoms with Gasteiger partial charge in [0.2, 0.25) is 21.8 Å². The second kappa shape index (κ2) is 13.9. The molecule has 0 aromatic heterocycles. The van der Waals surface area contributed by atoms with Crippen molar-refractivity contribution < 1.29 is 51.8 Å². The molecule has 2 saturated carbocycles. The molecule has 16 nitrogen and oxygen atoms in total. The zero-order valence-corrected chi connectivity index (χ0v) is 29.7. The van der Waals surface area contributed by atoms with Gasteiger partial charge in [0, 0.05) is 12.3 Å². The van der Waals surface area contributed by atoms with E-state index in [1.807, 2.05) is 0 Å². The highest BCUT2D eigenvalue weighted by Gasteiger charge is 2.62. The number of carbonyl (C=O) groups is 6. The Kier molecular flexibility index (Phi) is 10.6. The first kappa shape index (κ1) is 38.1. The highest BCUT2D eigenvalue weighted by Crippen LogP contribution is 2.45. The summed E-state index contributed by atoms with van der Waals surface area (Å²) in [6.07, 6.45) is -0.961. The molecule has 1 aliphatic heterocycles. The summed E-state index contributed by atoms with van der Waals surface area (Å²) in [4.78, 5) is 80.1. The van der Waals surface area contributed by atoms with Gasteiger partial charge in [0.15, 0.2) is 0 Å². The van der Waals surface area contributed by atoms with Gasteiger partial charge in [-0.25, -0.2) is 22.8 Å². The molecule has 1 heterocycles. The first-order valence-corrected chi connectivity index (χ1v) is 17.7. The number of nitrogens with one attached hydrogen (secondary N) is 4. The van der Waals surface area contributed by atoms with Crippen molar-refractivity contribution in [3.8, 4) is 0 Å². The highest BCUT2D eigenvalue weighted by atomic mass is 32.2. The van der Waals surface area contributed by atoms with E-state index in [0.29, 0.717) is 12.8 Å². The van der Waals surface area contributed by atoms with Crippen molar-refractivity contribution in [3.05, 3.63) is 42.5 Å². The molecule has 3 fully saturated rings. The maximum atomic E-state index is 14.2. The Labute approximate surface area is 290 Å². The number of likely N-dealkylation sites (tertiary alicyclic amines) is 1. The molecule has 5 amide bonds. The fraction of sp³-hybridized carbons (Fsp3) is 0.576. The minimum Gasteiger partial charge on any atom is -0.478 e. The van der Waals surface area contributed by atoms with Crippen LogP contribution in [0, 0.1) is 11.3 Å². The van der Waals surface area contributed by atoms with Gasteiger partial charge in [-0.2, -0.15) is 0 Å². The molecule has 2 aliphatic carbocycles. The number of amides is 5. The normalized spacial score (nSPS) is 23.9. The molecule has 0 radical (unpaired) electrons. The van der Waals surface area contributed by atoms with E-state index in [4.69, 9.17) is 9.47 Å². The van der Waals surface area contributed by atoms with Gasteiger partial charge in [0.05, 0.1) is 23.0 Å². The maximum absolute atomic E-state index is 14.2. The average Bonchev–Trinajstić information content (AvgIpc) is 3.91. The van der Waals surface area contributed by atoms with Crippen LogP contribution in [0.3, 0.4) is 0 Å². The molecule has 1 saturated heterocycles. The molecule has 274 valence electrons. The lowest BCUT2D eigenvalue weighted by Gasteiger charge is -2.36. The number of carboxylic acid groups (broad SMARTS) is 1. The van der Waals surface area contributed by atoms with Crippen molar-refractivity contribution in [1.82, 2.24) is 20.3 Å². The number of carboxylic acids is 1. The van der Waals surface area contributed by atoms with E-state index in [1.54, 1.807) is 41.5 Å². The van der Waals surface area contributed by atoms with Gasteiger partial charge >= 0.3 is 18.2 Å². The first-order chi connectivity index (χ1) is 23.1. The molecule has 17 heteroatoms. The Morgan fingerprint density at radius 2 is 1.68 bits per heavy atom. The van der Waals surface area contributed by atoms with E-state index in [0.717, 1.165) is 4.90 Å². The Hall–Kier alpha value is -4.67. The van der Waals surface area contributed by atoms with Gasteiger partial charge in [0.1, 0.15) is 29.3 Å². The molecule has 5 atom stereocenters. The molecule has 50 heavy (non-hydrogen) atoms. The van der Waals surface area contributed by atoms with Crippen LogP contribution in [0.5, 0.6) is 0 Å². The number of hydrogen-bond donors (Lipinski definition) is 5. The van der Waals surface area contributed by atoms with E-state index in [-0.39, 0.29) is 30.6 Å². The summed E-state index contributed by atoms with van der Waals surface area (Å²) in [5.41, 5.74) is -3.68. The lowest BCUT2D eigenvalue weighted by molar-refractivity contribution is -0.143.